The SMILES string of the molecule is CCNC(Cc1c(Cl)c(C)nn1C)c1ccc(CC)o1. The summed E-state index contributed by atoms with van der Waals surface area (Å²) in [5.74, 6) is 1.97. The van der Waals surface area contributed by atoms with Crippen LogP contribution in [-0.2, 0) is 19.9 Å². The number of rotatable bonds is 6. The second-order valence-electron chi connectivity index (χ2n) is 4.94. The molecule has 110 valence electrons. The third kappa shape index (κ3) is 3.07. The average Bonchev–Trinajstić information content (AvgIpc) is 2.98. The Hall–Kier alpha value is -1.26. The summed E-state index contributed by atoms with van der Waals surface area (Å²) in [6, 6.07) is 4.20. The summed E-state index contributed by atoms with van der Waals surface area (Å²) in [6.45, 7) is 6.98. The zero-order valence-corrected chi connectivity index (χ0v) is 13.3. The van der Waals surface area contributed by atoms with Crippen LogP contribution >= 0.6 is 11.6 Å². The second-order valence-corrected chi connectivity index (χ2v) is 5.32. The highest BCUT2D eigenvalue weighted by Crippen LogP contribution is 2.26. The monoisotopic (exact) mass is 295 g/mol. The summed E-state index contributed by atoms with van der Waals surface area (Å²) in [4.78, 5) is 0. The van der Waals surface area contributed by atoms with E-state index in [0.717, 1.165) is 47.3 Å². The van der Waals surface area contributed by atoms with E-state index in [0.29, 0.717) is 0 Å². The molecule has 0 saturated carbocycles. The van der Waals surface area contributed by atoms with Gasteiger partial charge in [-0.3, -0.25) is 4.68 Å². The van der Waals surface area contributed by atoms with Gasteiger partial charge in [0.25, 0.3) is 0 Å². The number of nitrogens with one attached hydrogen (secondary N) is 1. The zero-order valence-electron chi connectivity index (χ0n) is 12.5. The van der Waals surface area contributed by atoms with E-state index < -0.39 is 0 Å². The molecule has 0 aromatic carbocycles. The molecule has 2 aromatic rings. The Morgan fingerprint density at radius 1 is 1.40 bits per heavy atom. The lowest BCUT2D eigenvalue weighted by Crippen LogP contribution is -2.23. The highest BCUT2D eigenvalue weighted by molar-refractivity contribution is 6.31. The highest BCUT2D eigenvalue weighted by atomic mass is 35.5. The predicted molar refractivity (Wildman–Crippen MR) is 81.2 cm³/mol. The fourth-order valence-electron chi connectivity index (χ4n) is 2.39. The normalized spacial score (nSPS) is 12.8. The maximum atomic E-state index is 6.34. The first-order chi connectivity index (χ1) is 9.56. The molecule has 0 bridgehead atoms. The average molecular weight is 296 g/mol. The van der Waals surface area contributed by atoms with Crippen LogP contribution in [0.1, 0.15) is 42.8 Å². The van der Waals surface area contributed by atoms with Crippen molar-refractivity contribution in [2.75, 3.05) is 6.54 Å². The van der Waals surface area contributed by atoms with Crippen LogP contribution in [-0.4, -0.2) is 16.3 Å². The summed E-state index contributed by atoms with van der Waals surface area (Å²) in [7, 11) is 1.93. The van der Waals surface area contributed by atoms with E-state index in [1.165, 1.54) is 0 Å². The molecule has 1 atom stereocenters. The smallest absolute Gasteiger partial charge is 0.121 e. The van der Waals surface area contributed by atoms with Gasteiger partial charge in [0, 0.05) is 19.9 Å². The van der Waals surface area contributed by atoms with E-state index in [4.69, 9.17) is 16.0 Å². The molecule has 0 saturated heterocycles. The van der Waals surface area contributed by atoms with Gasteiger partial charge < -0.3 is 9.73 Å². The van der Waals surface area contributed by atoms with Crippen LogP contribution in [0.15, 0.2) is 16.5 Å². The standard InChI is InChI=1S/C15H22ClN3O/c1-5-11-7-8-14(20-11)12(17-6-2)9-13-15(16)10(3)18-19(13)4/h7-8,12,17H,5-6,9H2,1-4H3. The molecule has 0 aliphatic rings. The number of hydrogen-bond donors (Lipinski definition) is 1. The molecule has 4 nitrogen and oxygen atoms in total. The molecule has 2 rings (SSSR count). The summed E-state index contributed by atoms with van der Waals surface area (Å²) in [5, 5.41) is 8.57. The Bertz CT molecular complexity index is 574. The maximum absolute atomic E-state index is 6.34. The first-order valence-electron chi connectivity index (χ1n) is 7.06. The largest absolute Gasteiger partial charge is 0.464 e. The number of aromatic nitrogens is 2. The lowest BCUT2D eigenvalue weighted by atomic mass is 10.1. The van der Waals surface area contributed by atoms with E-state index in [9.17, 15) is 0 Å². The Labute approximate surface area is 125 Å². The molecule has 5 heteroatoms. The molecule has 2 aromatic heterocycles. The second kappa shape index (κ2) is 6.46. The quantitative estimate of drug-likeness (QED) is 0.888. The molecule has 0 aliphatic heterocycles. The van der Waals surface area contributed by atoms with Gasteiger partial charge in [0.15, 0.2) is 0 Å². The van der Waals surface area contributed by atoms with Crippen molar-refractivity contribution in [3.63, 3.8) is 0 Å². The van der Waals surface area contributed by atoms with Gasteiger partial charge in [-0.05, 0) is 25.6 Å². The Morgan fingerprint density at radius 2 is 2.15 bits per heavy atom. The summed E-state index contributed by atoms with van der Waals surface area (Å²) in [6.07, 6.45) is 1.67. The predicted octanol–water partition coefficient (Wildman–Crippen LogP) is 3.43. The number of halogens is 1. The number of hydrogen-bond acceptors (Lipinski definition) is 3. The topological polar surface area (TPSA) is 43.0 Å². The fraction of sp³-hybridized carbons (Fsp3) is 0.533. The van der Waals surface area contributed by atoms with Gasteiger partial charge >= 0.3 is 0 Å². The first kappa shape index (κ1) is 15.1. The van der Waals surface area contributed by atoms with Crippen LogP contribution in [0.2, 0.25) is 5.02 Å². The van der Waals surface area contributed by atoms with Crippen molar-refractivity contribution >= 4 is 11.6 Å². The molecule has 0 spiro atoms. The highest BCUT2D eigenvalue weighted by Gasteiger charge is 2.20. The third-order valence-electron chi connectivity index (χ3n) is 3.48. The van der Waals surface area contributed by atoms with Crippen LogP contribution in [0.5, 0.6) is 0 Å². The van der Waals surface area contributed by atoms with Crippen LogP contribution in [0.3, 0.4) is 0 Å². The fourth-order valence-corrected chi connectivity index (χ4v) is 2.62. The Kier molecular flexibility index (Phi) is 4.89. The maximum Gasteiger partial charge on any atom is 0.121 e. The van der Waals surface area contributed by atoms with Gasteiger partial charge in [-0.1, -0.05) is 25.4 Å². The molecular formula is C15H22ClN3O. The number of likely N-dealkylation sites (N-methyl/N-ethyl adjacent to an activating group) is 1. The van der Waals surface area contributed by atoms with E-state index >= 15 is 0 Å². The molecular weight excluding hydrogens is 274 g/mol. The lowest BCUT2D eigenvalue weighted by molar-refractivity contribution is 0.392. The molecule has 20 heavy (non-hydrogen) atoms. The van der Waals surface area contributed by atoms with Crippen molar-refractivity contribution < 1.29 is 4.42 Å². The van der Waals surface area contributed by atoms with Gasteiger partial charge in [-0.25, -0.2) is 0 Å². The molecule has 1 N–H and O–H groups in total. The lowest BCUT2D eigenvalue weighted by Gasteiger charge is -2.16. The van der Waals surface area contributed by atoms with E-state index in [1.54, 1.807) is 0 Å². The van der Waals surface area contributed by atoms with Crippen molar-refractivity contribution in [3.8, 4) is 0 Å². The molecule has 0 aliphatic carbocycles. The molecule has 0 fully saturated rings. The number of furan rings is 1. The van der Waals surface area contributed by atoms with Crippen molar-refractivity contribution in [1.82, 2.24) is 15.1 Å². The minimum absolute atomic E-state index is 0.118. The number of nitrogens with zero attached hydrogens (tertiary/aromatic N) is 2. The van der Waals surface area contributed by atoms with Crippen molar-refractivity contribution in [3.05, 3.63) is 40.1 Å². The van der Waals surface area contributed by atoms with Gasteiger partial charge in [0.2, 0.25) is 0 Å². The van der Waals surface area contributed by atoms with Gasteiger partial charge in [-0.15, -0.1) is 0 Å². The van der Waals surface area contributed by atoms with Crippen LogP contribution in [0.4, 0.5) is 0 Å². The van der Waals surface area contributed by atoms with Crippen molar-refractivity contribution in [2.45, 2.75) is 39.7 Å². The van der Waals surface area contributed by atoms with Gasteiger partial charge in [-0.2, -0.15) is 5.10 Å². The van der Waals surface area contributed by atoms with Crippen LogP contribution in [0, 0.1) is 6.92 Å². The van der Waals surface area contributed by atoms with Gasteiger partial charge in [0.05, 0.1) is 22.5 Å². The number of aryl methyl sites for hydroxylation is 3. The van der Waals surface area contributed by atoms with Crippen LogP contribution < -0.4 is 5.32 Å². The molecule has 0 amide bonds. The van der Waals surface area contributed by atoms with Crippen molar-refractivity contribution in [1.29, 1.82) is 0 Å². The third-order valence-corrected chi connectivity index (χ3v) is 3.98. The minimum Gasteiger partial charge on any atom is -0.464 e. The zero-order chi connectivity index (χ0) is 14.7. The summed E-state index contributed by atoms with van der Waals surface area (Å²) < 4.78 is 7.72. The van der Waals surface area contributed by atoms with Gasteiger partial charge in [0.1, 0.15) is 11.5 Å². The van der Waals surface area contributed by atoms with Crippen molar-refractivity contribution in [2.24, 2.45) is 7.05 Å². The molecule has 1 unspecified atom stereocenters. The van der Waals surface area contributed by atoms with E-state index in [1.807, 2.05) is 30.8 Å². The molecule has 0 radical (unpaired) electrons. The molecule has 2 heterocycles. The van der Waals surface area contributed by atoms with E-state index in [-0.39, 0.29) is 6.04 Å². The van der Waals surface area contributed by atoms with E-state index in [2.05, 4.69) is 24.3 Å². The Balaban J connectivity index is 2.25. The Morgan fingerprint density at radius 3 is 2.65 bits per heavy atom. The van der Waals surface area contributed by atoms with Crippen LogP contribution in [0.25, 0.3) is 0 Å². The minimum atomic E-state index is 0.118. The first-order valence-corrected chi connectivity index (χ1v) is 7.44. The summed E-state index contributed by atoms with van der Waals surface area (Å²) in [5.41, 5.74) is 1.90. The summed E-state index contributed by atoms with van der Waals surface area (Å²) >= 11 is 6.34.